The van der Waals surface area contributed by atoms with Crippen molar-refractivity contribution in [3.8, 4) is 11.8 Å². The molecule has 1 heterocycles. The number of likely N-dealkylation sites (N-methyl/N-ethyl adjacent to an activating group) is 1. The quantitative estimate of drug-likeness (QED) is 0.0804. The molecule has 1 aromatic carbocycles. The lowest BCUT2D eigenvalue weighted by Gasteiger charge is -2.25. The number of nitro benzene ring substituents is 1. The van der Waals surface area contributed by atoms with Crippen LogP contribution >= 0.6 is 0 Å². The van der Waals surface area contributed by atoms with Crippen molar-refractivity contribution in [2.75, 3.05) is 26.7 Å². The van der Waals surface area contributed by atoms with E-state index in [1.54, 1.807) is 0 Å². The Bertz CT molecular complexity index is 1090. The third-order valence-corrected chi connectivity index (χ3v) is 5.54. The van der Waals surface area contributed by atoms with Crippen LogP contribution in [0.15, 0.2) is 34.3 Å². The number of carbonyl (C=O) groups is 2. The van der Waals surface area contributed by atoms with E-state index in [1.807, 2.05) is 0 Å². The molecule has 0 aromatic heterocycles. The average molecular weight is 478 g/mol. The molecule has 1 aliphatic heterocycles. The third kappa shape index (κ3) is 8.09. The van der Waals surface area contributed by atoms with E-state index < -0.39 is 39.9 Å². The van der Waals surface area contributed by atoms with Gasteiger partial charge in [0, 0.05) is 30.0 Å². The number of hydrogen-bond acceptors (Lipinski definition) is 10. The summed E-state index contributed by atoms with van der Waals surface area (Å²) < 4.78 is 38.1. The molecule has 0 saturated carbocycles. The number of hydrogen-bond donors (Lipinski definition) is 1. The minimum atomic E-state index is -4.30. The van der Waals surface area contributed by atoms with Gasteiger partial charge in [0.25, 0.3) is 5.69 Å². The Labute approximate surface area is 189 Å². The molecule has 1 aliphatic rings. The van der Waals surface area contributed by atoms with Crippen molar-refractivity contribution in [3.63, 3.8) is 0 Å². The van der Waals surface area contributed by atoms with Crippen LogP contribution in [0.5, 0.6) is 0 Å². The second-order valence-electron chi connectivity index (χ2n) is 6.75. The monoisotopic (exact) mass is 478 g/mol. The minimum absolute atomic E-state index is 0.171. The summed E-state index contributed by atoms with van der Waals surface area (Å²) in [6.07, 6.45) is 0.597. The molecule has 33 heavy (non-hydrogen) atoms. The lowest BCUT2D eigenvalue weighted by Crippen LogP contribution is -2.53. The molecule has 14 nitrogen and oxygen atoms in total. The van der Waals surface area contributed by atoms with Crippen LogP contribution in [0.25, 0.3) is 10.4 Å². The normalized spacial score (nSPS) is 15.6. The fourth-order valence-corrected chi connectivity index (χ4v) is 3.73. The molecular weight excluding hydrogens is 459 g/mol. The summed E-state index contributed by atoms with van der Waals surface area (Å²) in [6, 6.07) is 4.07. The van der Waals surface area contributed by atoms with E-state index in [4.69, 9.17) is 14.8 Å². The van der Waals surface area contributed by atoms with E-state index in [2.05, 4.69) is 26.6 Å². The van der Waals surface area contributed by atoms with Crippen LogP contribution in [0.3, 0.4) is 0 Å². The predicted octanol–water partition coefficient (Wildman–Crippen LogP) is 0.395. The fraction of sp³-hybridized carbons (Fsp3) is 0.412. The van der Waals surface area contributed by atoms with Crippen LogP contribution in [0.1, 0.15) is 12.8 Å². The number of nitrogens with one attached hydrogen (secondary N) is 1. The first-order chi connectivity index (χ1) is 15.6. The summed E-state index contributed by atoms with van der Waals surface area (Å²) in [6.45, 7) is -0.288. The van der Waals surface area contributed by atoms with E-state index in [1.165, 1.54) is 11.9 Å². The van der Waals surface area contributed by atoms with Gasteiger partial charge in [0.05, 0.1) is 22.9 Å². The highest BCUT2D eigenvalue weighted by molar-refractivity contribution is 7.89. The van der Waals surface area contributed by atoms with Crippen LogP contribution in [0.2, 0.25) is 0 Å². The topological polar surface area (TPSA) is 194 Å². The van der Waals surface area contributed by atoms with Crippen molar-refractivity contribution in [1.82, 2.24) is 9.62 Å². The zero-order chi connectivity index (χ0) is 24.4. The van der Waals surface area contributed by atoms with E-state index in [9.17, 15) is 28.1 Å². The zero-order valence-electron chi connectivity index (χ0n) is 17.4. The average Bonchev–Trinajstić information content (AvgIpc) is 2.73. The van der Waals surface area contributed by atoms with Crippen molar-refractivity contribution in [1.29, 1.82) is 0 Å². The van der Waals surface area contributed by atoms with E-state index >= 15 is 0 Å². The van der Waals surface area contributed by atoms with Gasteiger partial charge in [-0.2, -0.15) is 4.72 Å². The first-order valence-electron chi connectivity index (χ1n) is 9.46. The Kier molecular flexibility index (Phi) is 9.19. The number of unbranched alkanes of at least 4 members (excludes halogenated alkanes) is 1. The maximum atomic E-state index is 12.8. The summed E-state index contributed by atoms with van der Waals surface area (Å²) in [5, 5.41) is 14.2. The molecule has 1 atom stereocenters. The smallest absolute Gasteiger partial charge is 0.497 e. The van der Waals surface area contributed by atoms with E-state index in [0.717, 1.165) is 24.3 Å². The molecule has 1 N–H and O–H groups in total. The Balaban J connectivity index is 2.29. The van der Waals surface area contributed by atoms with Gasteiger partial charge in [-0.3, -0.25) is 24.6 Å². The standard InChI is InChI=1S/C17H19BN6O8S/c1-23-11-16(25)31-18(32-17(26)12-23)15(5-3-2-4-10-20-22-19)21-33(29,30)14-8-6-13(7-9-14)24(27)28/h6-9,15,21H,2,4,10-12H2,1H3. The van der Waals surface area contributed by atoms with E-state index in [-0.39, 0.29) is 36.6 Å². The summed E-state index contributed by atoms with van der Waals surface area (Å²) in [5.74, 6) is 2.24. The van der Waals surface area contributed by atoms with Gasteiger partial charge in [0.2, 0.25) is 10.0 Å². The Morgan fingerprint density at radius 2 is 1.91 bits per heavy atom. The van der Waals surface area contributed by atoms with E-state index in [0.29, 0.717) is 6.42 Å². The summed E-state index contributed by atoms with van der Waals surface area (Å²) >= 11 is 0. The number of rotatable bonds is 8. The van der Waals surface area contributed by atoms with Gasteiger partial charge in [0.1, 0.15) is 5.94 Å². The molecule has 2 rings (SSSR count). The Morgan fingerprint density at radius 1 is 1.30 bits per heavy atom. The van der Waals surface area contributed by atoms with Gasteiger partial charge in [0.15, 0.2) is 0 Å². The second-order valence-corrected chi connectivity index (χ2v) is 8.46. The summed E-state index contributed by atoms with van der Waals surface area (Å²) in [5.41, 5.74) is 7.98. The highest BCUT2D eigenvalue weighted by Crippen LogP contribution is 2.17. The fourth-order valence-electron chi connectivity index (χ4n) is 2.59. The van der Waals surface area contributed by atoms with Crippen molar-refractivity contribution in [2.45, 2.75) is 23.7 Å². The molecule has 0 bridgehead atoms. The summed E-state index contributed by atoms with van der Waals surface area (Å²) in [4.78, 5) is 37.9. The SMILES string of the molecule is CN1CC(=O)OB(C(C#CCCCN=[N+]=[N-])NS(=O)(=O)c2ccc([N+](=O)[O-])cc2)OC(=O)C1. The van der Waals surface area contributed by atoms with Crippen molar-refractivity contribution in [3.05, 3.63) is 44.8 Å². The second kappa shape index (κ2) is 11.8. The number of carbonyl (C=O) groups excluding carboxylic acids is 2. The number of azide groups is 1. The molecule has 16 heteroatoms. The minimum Gasteiger partial charge on any atom is -0.497 e. The number of nitro groups is 1. The highest BCUT2D eigenvalue weighted by atomic mass is 32.2. The number of nitrogens with zero attached hydrogens (tertiary/aromatic N) is 5. The lowest BCUT2D eigenvalue weighted by molar-refractivity contribution is -0.384. The van der Waals surface area contributed by atoms with Crippen molar-refractivity contribution >= 4 is 34.8 Å². The molecule has 0 spiro atoms. The van der Waals surface area contributed by atoms with Gasteiger partial charge >= 0.3 is 19.1 Å². The zero-order valence-corrected chi connectivity index (χ0v) is 18.2. The van der Waals surface area contributed by atoms with Crippen LogP contribution in [-0.2, 0) is 28.9 Å². The number of non-ortho nitro benzene ring substituents is 1. The Morgan fingerprint density at radius 3 is 2.45 bits per heavy atom. The lowest BCUT2D eigenvalue weighted by atomic mass is 9.78. The van der Waals surface area contributed by atoms with Crippen LogP contribution in [-0.4, -0.2) is 69.9 Å². The first kappa shape index (κ1) is 25.6. The molecule has 1 fully saturated rings. The van der Waals surface area contributed by atoms with Crippen molar-refractivity contribution < 1.29 is 32.2 Å². The van der Waals surface area contributed by atoms with Crippen LogP contribution in [0.4, 0.5) is 5.69 Å². The highest BCUT2D eigenvalue weighted by Gasteiger charge is 2.41. The van der Waals surface area contributed by atoms with Crippen molar-refractivity contribution in [2.24, 2.45) is 5.11 Å². The van der Waals surface area contributed by atoms with Gasteiger partial charge in [-0.05, 0) is 31.1 Å². The largest absolute Gasteiger partial charge is 0.631 e. The molecule has 0 radical (unpaired) electrons. The van der Waals surface area contributed by atoms with Gasteiger partial charge < -0.3 is 9.31 Å². The molecule has 1 unspecified atom stereocenters. The first-order valence-corrected chi connectivity index (χ1v) is 10.9. The molecule has 0 aliphatic carbocycles. The molecule has 174 valence electrons. The third-order valence-electron chi connectivity index (χ3n) is 4.09. The summed E-state index contributed by atoms with van der Waals surface area (Å²) in [7, 11) is -4.47. The van der Waals surface area contributed by atoms with Gasteiger partial charge in [-0.1, -0.05) is 11.0 Å². The van der Waals surface area contributed by atoms with Gasteiger partial charge in [-0.15, -0.1) is 5.92 Å². The maximum absolute atomic E-state index is 12.8. The number of sulfonamides is 1. The molecular formula is C17H19BN6O8S. The van der Waals surface area contributed by atoms with Gasteiger partial charge in [-0.25, -0.2) is 8.42 Å². The molecule has 0 amide bonds. The molecule has 1 saturated heterocycles. The molecule has 1 aromatic rings. The number of benzene rings is 1. The maximum Gasteiger partial charge on any atom is 0.631 e. The van der Waals surface area contributed by atoms with Crippen LogP contribution in [0, 0.1) is 22.0 Å². The Hall–Kier alpha value is -3.64. The predicted molar refractivity (Wildman–Crippen MR) is 114 cm³/mol. The van der Waals surface area contributed by atoms with Crippen LogP contribution < -0.4 is 4.72 Å².